The average molecular weight is 400 g/mol. The lowest BCUT2D eigenvalue weighted by atomic mass is 10.1. The Morgan fingerprint density at radius 2 is 1.90 bits per heavy atom. The van der Waals surface area contributed by atoms with Crippen LogP contribution in [0.5, 0.6) is 5.75 Å². The molecule has 0 aliphatic carbocycles. The highest BCUT2D eigenvalue weighted by Gasteiger charge is 2.19. The van der Waals surface area contributed by atoms with Crippen LogP contribution < -0.4 is 10.5 Å². The van der Waals surface area contributed by atoms with Crippen molar-refractivity contribution in [1.29, 1.82) is 0 Å². The second-order valence-electron chi connectivity index (χ2n) is 6.51. The van der Waals surface area contributed by atoms with E-state index in [0.29, 0.717) is 12.4 Å². The number of benzene rings is 2. The van der Waals surface area contributed by atoms with Crippen molar-refractivity contribution in [2.45, 2.75) is 25.6 Å². The molecule has 0 aromatic heterocycles. The van der Waals surface area contributed by atoms with Crippen LogP contribution >= 0.6 is 0 Å². The number of nitro benzene ring substituents is 1. The summed E-state index contributed by atoms with van der Waals surface area (Å²) in [4.78, 5) is 33.9. The fourth-order valence-corrected chi connectivity index (χ4v) is 2.89. The van der Waals surface area contributed by atoms with Gasteiger partial charge in [-0.25, -0.2) is 4.79 Å². The van der Waals surface area contributed by atoms with E-state index in [1.54, 1.807) is 24.3 Å². The van der Waals surface area contributed by atoms with Crippen LogP contribution in [-0.4, -0.2) is 36.1 Å². The van der Waals surface area contributed by atoms with Crippen molar-refractivity contribution >= 4 is 17.6 Å². The summed E-state index contributed by atoms with van der Waals surface area (Å²) < 4.78 is 16.3. The zero-order valence-electron chi connectivity index (χ0n) is 15.5. The van der Waals surface area contributed by atoms with E-state index in [1.807, 2.05) is 0 Å². The lowest BCUT2D eigenvalue weighted by molar-refractivity contribution is -0.385. The van der Waals surface area contributed by atoms with Gasteiger partial charge >= 0.3 is 5.97 Å². The van der Waals surface area contributed by atoms with Gasteiger partial charge in [-0.15, -0.1) is 0 Å². The van der Waals surface area contributed by atoms with Crippen molar-refractivity contribution in [2.75, 3.05) is 13.2 Å². The number of hydrogen-bond donors (Lipinski definition) is 1. The zero-order chi connectivity index (χ0) is 20.8. The summed E-state index contributed by atoms with van der Waals surface area (Å²) in [6, 6.07) is 10.2. The molecule has 0 bridgehead atoms. The summed E-state index contributed by atoms with van der Waals surface area (Å²) in [6.45, 7) is 0.891. The van der Waals surface area contributed by atoms with Crippen molar-refractivity contribution in [3.63, 3.8) is 0 Å². The minimum atomic E-state index is -0.779. The molecule has 1 amide bonds. The van der Waals surface area contributed by atoms with E-state index >= 15 is 0 Å². The third kappa shape index (κ3) is 5.29. The number of ether oxygens (including phenoxy) is 3. The Morgan fingerprint density at radius 1 is 1.17 bits per heavy atom. The Hall–Kier alpha value is -3.46. The Bertz CT molecular complexity index is 906. The zero-order valence-corrected chi connectivity index (χ0v) is 15.5. The number of amides is 1. The van der Waals surface area contributed by atoms with Crippen molar-refractivity contribution in [2.24, 2.45) is 5.73 Å². The number of carbonyl (C=O) groups is 2. The highest BCUT2D eigenvalue weighted by atomic mass is 16.6. The maximum absolute atomic E-state index is 12.2. The number of primary amides is 1. The van der Waals surface area contributed by atoms with E-state index in [2.05, 4.69) is 0 Å². The molecule has 2 N–H and O–H groups in total. The Morgan fingerprint density at radius 3 is 2.52 bits per heavy atom. The Balaban J connectivity index is 1.59. The average Bonchev–Trinajstić information content (AvgIpc) is 3.24. The number of nitrogens with two attached hydrogens (primary N) is 1. The van der Waals surface area contributed by atoms with Gasteiger partial charge in [-0.3, -0.25) is 14.9 Å². The topological polar surface area (TPSA) is 131 Å². The molecule has 1 atom stereocenters. The third-order valence-corrected chi connectivity index (χ3v) is 4.48. The summed E-state index contributed by atoms with van der Waals surface area (Å²) in [5, 5.41) is 11.2. The highest BCUT2D eigenvalue weighted by Crippen LogP contribution is 2.22. The summed E-state index contributed by atoms with van der Waals surface area (Å²) >= 11 is 0. The van der Waals surface area contributed by atoms with E-state index in [9.17, 15) is 19.7 Å². The van der Waals surface area contributed by atoms with E-state index in [4.69, 9.17) is 19.9 Å². The van der Waals surface area contributed by atoms with E-state index in [1.165, 1.54) is 12.1 Å². The molecular formula is C20H20N2O7. The molecule has 9 heteroatoms. The van der Waals surface area contributed by atoms with Gasteiger partial charge in [0.25, 0.3) is 5.69 Å². The lowest BCUT2D eigenvalue weighted by Crippen LogP contribution is -2.16. The number of rotatable bonds is 8. The summed E-state index contributed by atoms with van der Waals surface area (Å²) in [5.41, 5.74) is 5.24. The first-order chi connectivity index (χ1) is 13.9. The van der Waals surface area contributed by atoms with Crippen molar-refractivity contribution in [3.8, 4) is 5.75 Å². The normalized spacial score (nSPS) is 15.7. The Labute approximate surface area is 166 Å². The van der Waals surface area contributed by atoms with Gasteiger partial charge in [-0.2, -0.15) is 0 Å². The number of nitrogens with zero attached hydrogens (tertiary/aromatic N) is 1. The third-order valence-electron chi connectivity index (χ3n) is 4.48. The predicted molar refractivity (Wildman–Crippen MR) is 102 cm³/mol. The smallest absolute Gasteiger partial charge is 0.338 e. The molecule has 1 saturated heterocycles. The van der Waals surface area contributed by atoms with Gasteiger partial charge in [-0.1, -0.05) is 0 Å². The molecule has 1 fully saturated rings. The molecular weight excluding hydrogens is 380 g/mol. The van der Waals surface area contributed by atoms with Crippen LogP contribution in [0.15, 0.2) is 42.5 Å². The van der Waals surface area contributed by atoms with Gasteiger partial charge in [0.15, 0.2) is 0 Å². The van der Waals surface area contributed by atoms with Crippen LogP contribution in [0.2, 0.25) is 0 Å². The summed E-state index contributed by atoms with van der Waals surface area (Å²) in [5.74, 6) is -0.808. The molecule has 0 saturated carbocycles. The quantitative estimate of drug-likeness (QED) is 0.409. The summed E-state index contributed by atoms with van der Waals surface area (Å²) in [6.07, 6.45) is 2.09. The molecule has 1 aliphatic rings. The van der Waals surface area contributed by atoms with Crippen LogP contribution in [0.1, 0.15) is 39.1 Å². The van der Waals surface area contributed by atoms with Crippen LogP contribution in [0, 0.1) is 10.1 Å². The van der Waals surface area contributed by atoms with Gasteiger partial charge in [-0.05, 0) is 49.2 Å². The second kappa shape index (κ2) is 9.16. The van der Waals surface area contributed by atoms with Crippen LogP contribution in [0.3, 0.4) is 0 Å². The van der Waals surface area contributed by atoms with Gasteiger partial charge in [0.2, 0.25) is 5.91 Å². The molecule has 152 valence electrons. The molecule has 1 unspecified atom stereocenters. The number of carbonyl (C=O) groups excluding carboxylic acids is 2. The fourth-order valence-electron chi connectivity index (χ4n) is 2.89. The Kier molecular flexibility index (Phi) is 6.40. The first-order valence-corrected chi connectivity index (χ1v) is 9.03. The first kappa shape index (κ1) is 20.3. The summed E-state index contributed by atoms with van der Waals surface area (Å²) in [7, 11) is 0. The van der Waals surface area contributed by atoms with Crippen molar-refractivity contribution in [3.05, 3.63) is 69.3 Å². The molecule has 2 aromatic rings. The van der Waals surface area contributed by atoms with Crippen LogP contribution in [0.4, 0.5) is 5.69 Å². The number of hydrogen-bond acceptors (Lipinski definition) is 7. The highest BCUT2D eigenvalue weighted by molar-refractivity contribution is 5.93. The van der Waals surface area contributed by atoms with Crippen molar-refractivity contribution < 1.29 is 28.7 Å². The lowest BCUT2D eigenvalue weighted by Gasteiger charge is -2.11. The number of nitro groups is 1. The fraction of sp³-hybridized carbons (Fsp3) is 0.300. The molecule has 3 rings (SSSR count). The predicted octanol–water partition coefficient (Wildman–Crippen LogP) is 2.61. The van der Waals surface area contributed by atoms with Gasteiger partial charge < -0.3 is 19.9 Å². The second-order valence-corrected chi connectivity index (χ2v) is 6.51. The molecule has 0 radical (unpaired) electrons. The molecule has 9 nitrogen and oxygen atoms in total. The minimum Gasteiger partial charge on any atom is -0.491 e. The SMILES string of the molecule is NC(=O)c1ccc(COC(=O)c2ccc(OCC3CCCO3)cc2)c([N+](=O)[O-])c1. The van der Waals surface area contributed by atoms with Gasteiger partial charge in [0.05, 0.1) is 22.2 Å². The van der Waals surface area contributed by atoms with E-state index in [0.717, 1.165) is 25.5 Å². The monoisotopic (exact) mass is 400 g/mol. The molecule has 2 aromatic carbocycles. The van der Waals surface area contributed by atoms with Crippen molar-refractivity contribution in [1.82, 2.24) is 0 Å². The molecule has 29 heavy (non-hydrogen) atoms. The largest absolute Gasteiger partial charge is 0.491 e. The maximum atomic E-state index is 12.2. The van der Waals surface area contributed by atoms with Crippen LogP contribution in [0.25, 0.3) is 0 Å². The molecule has 1 aliphatic heterocycles. The first-order valence-electron chi connectivity index (χ1n) is 9.03. The van der Waals surface area contributed by atoms with Gasteiger partial charge in [0, 0.05) is 18.2 Å². The number of esters is 1. The molecule has 1 heterocycles. The standard InChI is InChI=1S/C20H20N2O7/c21-19(23)14-3-4-15(18(10-14)22(25)26)11-29-20(24)13-5-7-16(8-6-13)28-12-17-2-1-9-27-17/h3-8,10,17H,1-2,9,11-12H2,(H2,21,23). The van der Waals surface area contributed by atoms with Gasteiger partial charge in [0.1, 0.15) is 19.0 Å². The van der Waals surface area contributed by atoms with E-state index < -0.39 is 16.8 Å². The van der Waals surface area contributed by atoms with Crippen LogP contribution in [-0.2, 0) is 16.1 Å². The molecule has 0 spiro atoms. The minimum absolute atomic E-state index is 0.00497. The van der Waals surface area contributed by atoms with E-state index in [-0.39, 0.29) is 35.1 Å². The maximum Gasteiger partial charge on any atom is 0.338 e.